The van der Waals surface area contributed by atoms with Crippen molar-refractivity contribution in [2.45, 2.75) is 6.54 Å². The highest BCUT2D eigenvalue weighted by molar-refractivity contribution is 6.30. The maximum Gasteiger partial charge on any atom is 0.354 e. The molecular weight excluding hydrogens is 460 g/mol. The fourth-order valence-corrected chi connectivity index (χ4v) is 3.27. The second-order valence-electron chi connectivity index (χ2n) is 7.27. The third-order valence-electron chi connectivity index (χ3n) is 4.90. The zero-order chi connectivity index (χ0) is 24.2. The zero-order valence-corrected chi connectivity index (χ0v) is 19.1. The lowest BCUT2D eigenvalue weighted by Crippen LogP contribution is -2.41. The zero-order valence-electron chi connectivity index (χ0n) is 18.4. The van der Waals surface area contributed by atoms with Crippen molar-refractivity contribution in [3.05, 3.63) is 92.2 Å². The average Bonchev–Trinajstić information content (AvgIpc) is 2.82. The molecule has 0 aliphatic rings. The van der Waals surface area contributed by atoms with Gasteiger partial charge in [-0.15, -0.1) is 0 Å². The summed E-state index contributed by atoms with van der Waals surface area (Å²) in [7, 11) is 2.87. The molecule has 174 valence electrons. The summed E-state index contributed by atoms with van der Waals surface area (Å²) in [6.07, 6.45) is 0. The lowest BCUT2D eigenvalue weighted by Gasteiger charge is -2.16. The van der Waals surface area contributed by atoms with Gasteiger partial charge in [0.15, 0.2) is 11.5 Å². The molecule has 0 aliphatic carbocycles. The second kappa shape index (κ2) is 9.67. The number of nitrogens with one attached hydrogen (secondary N) is 1. The molecule has 0 unspecified atom stereocenters. The predicted molar refractivity (Wildman–Crippen MR) is 129 cm³/mol. The normalized spacial score (nSPS) is 10.7. The summed E-state index contributed by atoms with van der Waals surface area (Å²) in [4.78, 5) is 33.2. The Morgan fingerprint density at radius 1 is 1.03 bits per heavy atom. The summed E-state index contributed by atoms with van der Waals surface area (Å²) in [6, 6.07) is 17.1. The van der Waals surface area contributed by atoms with E-state index in [1.54, 1.807) is 60.7 Å². The Kier molecular flexibility index (Phi) is 6.51. The van der Waals surface area contributed by atoms with Gasteiger partial charge < -0.3 is 20.5 Å². The van der Waals surface area contributed by atoms with Crippen LogP contribution in [0, 0.1) is 0 Å². The van der Waals surface area contributed by atoms with Crippen LogP contribution < -0.4 is 31.9 Å². The van der Waals surface area contributed by atoms with Crippen molar-refractivity contribution >= 4 is 29.1 Å². The smallest absolute Gasteiger partial charge is 0.354 e. The van der Waals surface area contributed by atoms with Crippen molar-refractivity contribution < 1.29 is 9.47 Å². The van der Waals surface area contributed by atoms with Crippen LogP contribution in [-0.2, 0) is 13.6 Å². The van der Waals surface area contributed by atoms with Crippen LogP contribution in [-0.4, -0.2) is 26.2 Å². The van der Waals surface area contributed by atoms with E-state index in [0.717, 1.165) is 10.1 Å². The summed E-state index contributed by atoms with van der Waals surface area (Å²) < 4.78 is 13.5. The van der Waals surface area contributed by atoms with Gasteiger partial charge in [0.2, 0.25) is 11.8 Å². The average molecular weight is 481 g/mol. The van der Waals surface area contributed by atoms with Crippen LogP contribution in [0.2, 0.25) is 5.02 Å². The number of halogens is 1. The number of benzene rings is 2. The van der Waals surface area contributed by atoms with Gasteiger partial charge in [-0.25, -0.2) is 14.2 Å². The Balaban J connectivity index is 1.67. The fraction of sp³-hybridized carbons (Fsp3) is 0.130. The first-order valence-corrected chi connectivity index (χ1v) is 10.5. The maximum atomic E-state index is 12.8. The maximum absolute atomic E-state index is 12.8. The number of methoxy groups -OCH3 is 1. The quantitative estimate of drug-likeness (QED) is 0.413. The highest BCUT2D eigenvalue weighted by atomic mass is 35.5. The fourth-order valence-electron chi connectivity index (χ4n) is 3.15. The summed E-state index contributed by atoms with van der Waals surface area (Å²) in [6.45, 7) is 0.179. The molecule has 0 saturated carbocycles. The van der Waals surface area contributed by atoms with E-state index in [-0.39, 0.29) is 12.5 Å². The van der Waals surface area contributed by atoms with Crippen LogP contribution in [0.4, 0.5) is 17.5 Å². The number of pyridine rings is 1. The molecule has 0 radical (unpaired) electrons. The van der Waals surface area contributed by atoms with Crippen LogP contribution >= 0.6 is 11.6 Å². The van der Waals surface area contributed by atoms with Gasteiger partial charge in [-0.3, -0.25) is 4.57 Å². The lowest BCUT2D eigenvalue weighted by atomic mass is 10.2. The Morgan fingerprint density at radius 3 is 2.50 bits per heavy atom. The highest BCUT2D eigenvalue weighted by Gasteiger charge is 2.14. The predicted octanol–water partition coefficient (Wildman–Crippen LogP) is 3.17. The molecule has 4 aromatic rings. The van der Waals surface area contributed by atoms with Crippen molar-refractivity contribution in [3.63, 3.8) is 0 Å². The van der Waals surface area contributed by atoms with E-state index in [4.69, 9.17) is 26.8 Å². The molecular formula is C23H21ClN6O4. The molecule has 11 heteroatoms. The summed E-state index contributed by atoms with van der Waals surface area (Å²) in [5, 5.41) is 3.61. The van der Waals surface area contributed by atoms with Gasteiger partial charge in [-0.2, -0.15) is 9.97 Å². The monoisotopic (exact) mass is 480 g/mol. The minimum absolute atomic E-state index is 0.0799. The first-order valence-electron chi connectivity index (χ1n) is 10.1. The van der Waals surface area contributed by atoms with E-state index in [9.17, 15) is 9.59 Å². The van der Waals surface area contributed by atoms with Crippen LogP contribution in [0.15, 0.2) is 70.3 Å². The van der Waals surface area contributed by atoms with E-state index in [0.29, 0.717) is 33.9 Å². The van der Waals surface area contributed by atoms with Crippen LogP contribution in [0.25, 0.3) is 0 Å². The van der Waals surface area contributed by atoms with Crippen LogP contribution in [0.3, 0.4) is 0 Å². The Bertz CT molecular complexity index is 1450. The number of nitrogens with zero attached hydrogens (tertiary/aromatic N) is 4. The Labute approximate surface area is 199 Å². The number of anilines is 3. The number of aromatic nitrogens is 4. The third kappa shape index (κ3) is 5.02. The van der Waals surface area contributed by atoms with Gasteiger partial charge in [0.05, 0.1) is 13.7 Å². The minimum Gasteiger partial charge on any atom is -0.493 e. The van der Waals surface area contributed by atoms with Gasteiger partial charge >= 0.3 is 11.4 Å². The van der Waals surface area contributed by atoms with E-state index in [2.05, 4.69) is 15.3 Å². The molecule has 0 saturated heterocycles. The lowest BCUT2D eigenvalue weighted by molar-refractivity contribution is 0.374. The third-order valence-corrected chi connectivity index (χ3v) is 5.15. The largest absolute Gasteiger partial charge is 0.493 e. The number of nitrogens with two attached hydrogens (primary N) is 1. The van der Waals surface area contributed by atoms with Crippen molar-refractivity contribution in [2.75, 3.05) is 18.2 Å². The first kappa shape index (κ1) is 22.9. The molecule has 0 spiro atoms. The molecule has 0 aliphatic heterocycles. The second-order valence-corrected chi connectivity index (χ2v) is 7.70. The summed E-state index contributed by atoms with van der Waals surface area (Å²) in [5.74, 6) is 1.51. The topological polar surface area (TPSA) is 126 Å². The molecule has 3 N–H and O–H groups in total. The van der Waals surface area contributed by atoms with E-state index < -0.39 is 11.4 Å². The van der Waals surface area contributed by atoms with Gasteiger partial charge in [0, 0.05) is 29.9 Å². The molecule has 0 amide bonds. The molecule has 0 fully saturated rings. The Hall–Kier alpha value is -4.31. The van der Waals surface area contributed by atoms with Crippen molar-refractivity contribution in [1.29, 1.82) is 0 Å². The number of rotatable bonds is 7. The van der Waals surface area contributed by atoms with Gasteiger partial charge in [-0.05, 0) is 35.9 Å². The van der Waals surface area contributed by atoms with Crippen molar-refractivity contribution in [1.82, 2.24) is 19.1 Å². The minimum atomic E-state index is -0.681. The number of hydrogen-bond donors (Lipinski definition) is 2. The van der Waals surface area contributed by atoms with Crippen molar-refractivity contribution in [3.8, 4) is 17.4 Å². The molecule has 10 nitrogen and oxygen atoms in total. The van der Waals surface area contributed by atoms with E-state index in [1.165, 1.54) is 18.7 Å². The van der Waals surface area contributed by atoms with Crippen LogP contribution in [0.1, 0.15) is 5.56 Å². The molecule has 34 heavy (non-hydrogen) atoms. The number of ether oxygens (including phenoxy) is 2. The van der Waals surface area contributed by atoms with Gasteiger partial charge in [0.25, 0.3) is 0 Å². The molecule has 2 aromatic carbocycles. The molecule has 0 bridgehead atoms. The van der Waals surface area contributed by atoms with Crippen molar-refractivity contribution in [2.24, 2.45) is 7.05 Å². The standard InChI is InChI=1S/C23H21ClN6O4/c1-29-22(31)28-21(30(23(29)32)13-14-6-8-15(24)9-7-14)26-16-10-11-17(18(12-16)33-2)34-20-5-3-4-19(25)27-20/h3-12H,13H2,1-2H3,(H2,25,27)(H,26,28,31). The molecule has 4 rings (SSSR count). The molecule has 2 aromatic heterocycles. The highest BCUT2D eigenvalue weighted by Crippen LogP contribution is 2.34. The van der Waals surface area contributed by atoms with E-state index in [1.807, 2.05) is 0 Å². The first-order chi connectivity index (χ1) is 16.3. The Morgan fingerprint density at radius 2 is 1.79 bits per heavy atom. The van der Waals surface area contributed by atoms with Crippen LogP contribution in [0.5, 0.6) is 17.4 Å². The van der Waals surface area contributed by atoms with E-state index >= 15 is 0 Å². The number of nitrogen functional groups attached to an aromatic ring is 1. The number of hydrogen-bond acceptors (Lipinski definition) is 8. The summed E-state index contributed by atoms with van der Waals surface area (Å²) >= 11 is 5.96. The summed E-state index contributed by atoms with van der Waals surface area (Å²) in [5.41, 5.74) is 5.84. The molecule has 0 atom stereocenters. The van der Waals surface area contributed by atoms with Gasteiger partial charge in [0.1, 0.15) is 5.82 Å². The molecule has 2 heterocycles. The SMILES string of the molecule is COc1cc(Nc2nc(=O)n(C)c(=O)n2Cc2ccc(Cl)cc2)ccc1Oc1cccc(N)n1. The van der Waals surface area contributed by atoms with Gasteiger partial charge in [-0.1, -0.05) is 29.8 Å².